The lowest BCUT2D eigenvalue weighted by Crippen LogP contribution is -2.40. The van der Waals surface area contributed by atoms with Crippen LogP contribution in [0.25, 0.3) is 0 Å². The minimum atomic E-state index is -0.829. The van der Waals surface area contributed by atoms with E-state index in [9.17, 15) is 9.59 Å². The Morgan fingerprint density at radius 1 is 0.923 bits per heavy atom. The number of thioether (sulfide) groups is 2. The van der Waals surface area contributed by atoms with E-state index in [0.29, 0.717) is 49.7 Å². The van der Waals surface area contributed by atoms with E-state index in [2.05, 4.69) is 40.9 Å². The number of nitrogens with zero attached hydrogens (tertiary/aromatic N) is 12. The van der Waals surface area contributed by atoms with Crippen LogP contribution in [0.2, 0.25) is 0 Å². The lowest BCUT2D eigenvalue weighted by molar-refractivity contribution is 0.133. The summed E-state index contributed by atoms with van der Waals surface area (Å²) >= 11 is 3.31. The van der Waals surface area contributed by atoms with Gasteiger partial charge < -0.3 is 29.3 Å². The van der Waals surface area contributed by atoms with Crippen LogP contribution < -0.4 is 9.47 Å². The third kappa shape index (κ3) is 12.3. The number of tetrazole rings is 2. The van der Waals surface area contributed by atoms with Gasteiger partial charge in [0.1, 0.15) is 11.5 Å². The van der Waals surface area contributed by atoms with Crippen LogP contribution in [0, 0.1) is 5.92 Å². The average molecular weight is 755 g/mol. The average Bonchev–Trinajstić information content (AvgIpc) is 3.79. The molecule has 17 nitrogen and oxygen atoms in total. The molecule has 52 heavy (non-hydrogen) atoms. The monoisotopic (exact) mass is 754 g/mol. The standard InChI is InChI=1S/C22H26N6O3S.C11H20N6O2S/c1-27-21(24-25-26-27)32-16-18-8-12-28(13-9-18)22(29)31-19-6-4-17(5-7-19)10-14-30-20-3-2-11-23-15-20;1-15(2)7-8-17-10(12-13-14-17)20-9-3-5-16(6-4-9)11(18)19/h2-7,11,15,18H,8-10,12-14,16H2,1H3;9H,3-8H2,1-2H3,(H,18,19). The number of piperidine rings is 2. The number of ether oxygens (including phenoxy) is 2. The van der Waals surface area contributed by atoms with E-state index in [1.165, 1.54) is 4.90 Å². The smallest absolute Gasteiger partial charge is 0.415 e. The van der Waals surface area contributed by atoms with E-state index in [-0.39, 0.29) is 6.09 Å². The van der Waals surface area contributed by atoms with E-state index < -0.39 is 6.09 Å². The first-order valence-electron chi connectivity index (χ1n) is 17.2. The molecule has 19 heteroatoms. The predicted molar refractivity (Wildman–Crippen MR) is 195 cm³/mol. The van der Waals surface area contributed by atoms with Crippen LogP contribution in [0.4, 0.5) is 9.59 Å². The summed E-state index contributed by atoms with van der Waals surface area (Å²) in [6.07, 6.45) is 6.64. The van der Waals surface area contributed by atoms with Crippen molar-refractivity contribution in [2.45, 2.75) is 54.2 Å². The van der Waals surface area contributed by atoms with Crippen molar-refractivity contribution in [3.63, 3.8) is 0 Å². The highest BCUT2D eigenvalue weighted by Crippen LogP contribution is 2.29. The van der Waals surface area contributed by atoms with Crippen LogP contribution >= 0.6 is 23.5 Å². The molecule has 4 aromatic rings. The molecule has 0 bridgehead atoms. The number of pyridine rings is 1. The van der Waals surface area contributed by atoms with Crippen LogP contribution in [0.1, 0.15) is 31.2 Å². The third-order valence-electron chi connectivity index (χ3n) is 8.57. The minimum absolute atomic E-state index is 0.290. The number of aromatic nitrogens is 9. The number of carbonyl (C=O) groups is 2. The molecule has 1 aromatic carbocycles. The summed E-state index contributed by atoms with van der Waals surface area (Å²) in [4.78, 5) is 32.7. The van der Waals surface area contributed by atoms with Gasteiger partial charge in [0.2, 0.25) is 10.3 Å². The van der Waals surface area contributed by atoms with E-state index in [0.717, 1.165) is 72.6 Å². The van der Waals surface area contributed by atoms with E-state index in [1.54, 1.807) is 45.5 Å². The molecular formula is C33H46N12O5S2. The maximum Gasteiger partial charge on any atom is 0.415 e. The first-order chi connectivity index (χ1) is 25.2. The number of hydrogen-bond acceptors (Lipinski definition) is 14. The van der Waals surface area contributed by atoms with Gasteiger partial charge in [-0.05, 0) is 96.4 Å². The van der Waals surface area contributed by atoms with Gasteiger partial charge in [0.05, 0.1) is 19.3 Å². The molecule has 3 aromatic heterocycles. The second-order valence-corrected chi connectivity index (χ2v) is 15.0. The molecule has 0 radical (unpaired) electrons. The normalized spacial score (nSPS) is 15.3. The summed E-state index contributed by atoms with van der Waals surface area (Å²) in [6, 6.07) is 11.3. The van der Waals surface area contributed by atoms with Crippen LogP contribution in [0.15, 0.2) is 59.1 Å². The number of hydrogen-bond donors (Lipinski definition) is 1. The van der Waals surface area contributed by atoms with Crippen molar-refractivity contribution in [2.24, 2.45) is 13.0 Å². The SMILES string of the molecule is CN(C)CCn1nnnc1SC1CCN(C(=O)O)CC1.Cn1nnnc1SCC1CCN(C(=O)Oc2ccc(CCOc3cccnc3)cc2)CC1. The molecule has 2 amide bonds. The molecule has 0 spiro atoms. The zero-order valence-corrected chi connectivity index (χ0v) is 31.4. The molecule has 1 N–H and O–H groups in total. The molecule has 2 saturated heterocycles. The summed E-state index contributed by atoms with van der Waals surface area (Å²) in [5.74, 6) is 2.79. The molecule has 2 aliphatic heterocycles. The maximum atomic E-state index is 12.5. The molecule has 2 aliphatic rings. The fraction of sp³-hybridized carbons (Fsp3) is 0.545. The van der Waals surface area contributed by atoms with E-state index in [1.807, 2.05) is 62.2 Å². The summed E-state index contributed by atoms with van der Waals surface area (Å²) in [7, 11) is 5.86. The van der Waals surface area contributed by atoms with Gasteiger partial charge in [0.15, 0.2) is 0 Å². The Labute approximate surface area is 311 Å². The summed E-state index contributed by atoms with van der Waals surface area (Å²) < 4.78 is 14.7. The molecule has 280 valence electrons. The maximum absolute atomic E-state index is 12.5. The van der Waals surface area contributed by atoms with Gasteiger partial charge in [-0.3, -0.25) is 4.98 Å². The summed E-state index contributed by atoms with van der Waals surface area (Å²) in [5, 5.41) is 34.2. The van der Waals surface area contributed by atoms with Crippen molar-refractivity contribution in [1.29, 1.82) is 0 Å². The van der Waals surface area contributed by atoms with Gasteiger partial charge in [-0.15, -0.1) is 10.2 Å². The molecule has 0 atom stereocenters. The fourth-order valence-corrected chi connectivity index (χ4v) is 7.57. The molecule has 0 aliphatic carbocycles. The van der Waals surface area contributed by atoms with Crippen LogP contribution in [-0.4, -0.2) is 142 Å². The zero-order chi connectivity index (χ0) is 36.7. The molecule has 0 unspecified atom stereocenters. The second kappa shape index (κ2) is 19.9. The number of amides is 2. The van der Waals surface area contributed by atoms with E-state index in [4.69, 9.17) is 14.6 Å². The van der Waals surface area contributed by atoms with Crippen molar-refractivity contribution in [3.05, 3.63) is 54.4 Å². The molecule has 0 saturated carbocycles. The molecule has 2 fully saturated rings. The zero-order valence-electron chi connectivity index (χ0n) is 29.7. The quantitative estimate of drug-likeness (QED) is 0.195. The number of likely N-dealkylation sites (tertiary alicyclic amines) is 2. The summed E-state index contributed by atoms with van der Waals surface area (Å²) in [6.45, 7) is 4.78. The lowest BCUT2D eigenvalue weighted by Gasteiger charge is -2.30. The Bertz CT molecular complexity index is 1660. The van der Waals surface area contributed by atoms with Gasteiger partial charge in [0, 0.05) is 63.4 Å². The number of carboxylic acid groups (broad SMARTS) is 1. The first-order valence-corrected chi connectivity index (χ1v) is 19.1. The predicted octanol–water partition coefficient (Wildman–Crippen LogP) is 3.70. The van der Waals surface area contributed by atoms with Gasteiger partial charge in [-0.25, -0.2) is 19.0 Å². The number of carbonyl (C=O) groups excluding carboxylic acids is 1. The molecule has 6 rings (SSSR count). The highest BCUT2D eigenvalue weighted by atomic mass is 32.2. The highest BCUT2D eigenvalue weighted by Gasteiger charge is 2.26. The largest absolute Gasteiger partial charge is 0.492 e. The van der Waals surface area contributed by atoms with E-state index >= 15 is 0 Å². The Morgan fingerprint density at radius 3 is 2.29 bits per heavy atom. The Hall–Kier alpha value is -4.49. The Morgan fingerprint density at radius 2 is 1.63 bits per heavy atom. The van der Waals surface area contributed by atoms with Crippen LogP contribution in [-0.2, 0) is 20.0 Å². The number of likely N-dealkylation sites (N-methyl/N-ethyl adjacent to an activating group) is 1. The van der Waals surface area contributed by atoms with Crippen molar-refractivity contribution < 1.29 is 24.2 Å². The summed E-state index contributed by atoms with van der Waals surface area (Å²) in [5.41, 5.74) is 1.12. The highest BCUT2D eigenvalue weighted by molar-refractivity contribution is 7.99. The van der Waals surface area contributed by atoms with Gasteiger partial charge in [-0.1, -0.05) is 35.7 Å². The number of aryl methyl sites for hydroxylation is 1. The number of benzene rings is 1. The Kier molecular flexibility index (Phi) is 14.9. The number of rotatable bonds is 13. The lowest BCUT2D eigenvalue weighted by atomic mass is 9.99. The molecular weight excluding hydrogens is 709 g/mol. The topological polar surface area (TPSA) is 183 Å². The minimum Gasteiger partial charge on any atom is -0.492 e. The van der Waals surface area contributed by atoms with Crippen molar-refractivity contribution in [3.8, 4) is 11.5 Å². The van der Waals surface area contributed by atoms with Gasteiger partial charge >= 0.3 is 12.2 Å². The van der Waals surface area contributed by atoms with Crippen molar-refractivity contribution in [1.82, 2.24) is 60.1 Å². The second-order valence-electron chi connectivity index (χ2n) is 12.7. The first kappa shape index (κ1) is 38.7. The van der Waals surface area contributed by atoms with Gasteiger partial charge in [0.25, 0.3) is 0 Å². The molecule has 5 heterocycles. The fourth-order valence-electron chi connectivity index (χ4n) is 5.46. The van der Waals surface area contributed by atoms with Crippen LogP contribution in [0.5, 0.6) is 11.5 Å². The van der Waals surface area contributed by atoms with Crippen molar-refractivity contribution >= 4 is 35.7 Å². The van der Waals surface area contributed by atoms with Crippen LogP contribution in [0.3, 0.4) is 0 Å². The van der Waals surface area contributed by atoms with Crippen molar-refractivity contribution in [2.75, 3.05) is 59.2 Å². The Balaban J connectivity index is 0.000000225. The van der Waals surface area contributed by atoms with Gasteiger partial charge in [-0.2, -0.15) is 0 Å². The third-order valence-corrected chi connectivity index (χ3v) is 11.1.